The van der Waals surface area contributed by atoms with Crippen LogP contribution in [-0.4, -0.2) is 54.3 Å². The van der Waals surface area contributed by atoms with Crippen molar-refractivity contribution < 1.29 is 14.3 Å². The SMILES string of the molecule is CCCCN(CCCC)C(=O)/C(N)=C/C(=Nc1ccc(-c2ccc(Cl)cc2)cc1C(=O)N1CCc2ccccc2C1)OC. The third-order valence-electron chi connectivity index (χ3n) is 7.64. The van der Waals surface area contributed by atoms with E-state index in [0.717, 1.165) is 48.8 Å². The molecule has 0 fully saturated rings. The number of hydrogen-bond acceptors (Lipinski definition) is 5. The predicted octanol–water partition coefficient (Wildman–Crippen LogP) is 7.15. The second-order valence-electron chi connectivity index (χ2n) is 10.7. The van der Waals surface area contributed by atoms with Gasteiger partial charge in [0.15, 0.2) is 0 Å². The summed E-state index contributed by atoms with van der Waals surface area (Å²) in [4.78, 5) is 35.6. The van der Waals surface area contributed by atoms with Crippen molar-refractivity contribution in [3.05, 3.63) is 100 Å². The van der Waals surface area contributed by atoms with Crippen molar-refractivity contribution in [1.82, 2.24) is 9.80 Å². The predicted molar refractivity (Wildman–Crippen MR) is 175 cm³/mol. The molecule has 1 aliphatic heterocycles. The van der Waals surface area contributed by atoms with E-state index in [2.05, 4.69) is 26.0 Å². The number of rotatable bonds is 11. The Kier molecular flexibility index (Phi) is 11.4. The van der Waals surface area contributed by atoms with Crippen LogP contribution in [0.25, 0.3) is 11.1 Å². The smallest absolute Gasteiger partial charge is 0.269 e. The fraction of sp³-hybridized carbons (Fsp3) is 0.343. The highest BCUT2D eigenvalue weighted by molar-refractivity contribution is 6.30. The zero-order valence-corrected chi connectivity index (χ0v) is 26.1. The minimum Gasteiger partial charge on any atom is -0.481 e. The number of methoxy groups -OCH3 is 1. The van der Waals surface area contributed by atoms with Gasteiger partial charge in [0.1, 0.15) is 5.70 Å². The zero-order chi connectivity index (χ0) is 30.8. The van der Waals surface area contributed by atoms with Crippen molar-refractivity contribution in [3.63, 3.8) is 0 Å². The molecule has 43 heavy (non-hydrogen) atoms. The van der Waals surface area contributed by atoms with Gasteiger partial charge in [-0.3, -0.25) is 9.59 Å². The number of benzene rings is 3. The van der Waals surface area contributed by atoms with Gasteiger partial charge in [0.25, 0.3) is 11.8 Å². The molecule has 3 aromatic rings. The second-order valence-corrected chi connectivity index (χ2v) is 11.2. The van der Waals surface area contributed by atoms with Crippen LogP contribution in [0.5, 0.6) is 0 Å². The molecule has 0 bridgehead atoms. The largest absolute Gasteiger partial charge is 0.481 e. The van der Waals surface area contributed by atoms with E-state index in [1.807, 2.05) is 53.4 Å². The monoisotopic (exact) mass is 600 g/mol. The standard InChI is InChI=1S/C35H41ClN4O3/c1-4-6-19-39(20-7-5-2)35(42)31(37)23-33(43-3)38-32-17-14-27(26-12-15-29(36)16-13-26)22-30(32)34(41)40-21-18-25-10-8-9-11-28(25)24-40/h8-17,22-23H,4-7,18-21,24,37H2,1-3H3/b31-23-,38-33?. The van der Waals surface area contributed by atoms with E-state index in [4.69, 9.17) is 27.1 Å². The summed E-state index contributed by atoms with van der Waals surface area (Å²) >= 11 is 6.12. The van der Waals surface area contributed by atoms with Gasteiger partial charge in [-0.15, -0.1) is 0 Å². The van der Waals surface area contributed by atoms with Gasteiger partial charge >= 0.3 is 0 Å². The Balaban J connectivity index is 1.70. The molecule has 3 aromatic carbocycles. The lowest BCUT2D eigenvalue weighted by Crippen LogP contribution is -2.36. The molecule has 0 spiro atoms. The van der Waals surface area contributed by atoms with Crippen LogP contribution in [0.1, 0.15) is 61.0 Å². The first-order valence-electron chi connectivity index (χ1n) is 15.0. The molecule has 4 rings (SSSR count). The molecule has 0 saturated carbocycles. The van der Waals surface area contributed by atoms with Crippen LogP contribution in [0.15, 0.2) is 83.5 Å². The van der Waals surface area contributed by atoms with Gasteiger partial charge in [0, 0.05) is 37.3 Å². The number of ether oxygens (including phenoxy) is 1. The number of unbranched alkanes of at least 4 members (excludes halogenated alkanes) is 2. The number of halogens is 1. The van der Waals surface area contributed by atoms with Crippen molar-refractivity contribution in [2.75, 3.05) is 26.7 Å². The molecule has 1 heterocycles. The summed E-state index contributed by atoms with van der Waals surface area (Å²) in [6.07, 6.45) is 6.01. The molecule has 0 atom stereocenters. The molecule has 0 aromatic heterocycles. The molecule has 7 nitrogen and oxygen atoms in total. The molecule has 0 aliphatic carbocycles. The maximum Gasteiger partial charge on any atom is 0.269 e. The summed E-state index contributed by atoms with van der Waals surface area (Å²) in [7, 11) is 1.48. The normalized spacial score (nSPS) is 13.4. The van der Waals surface area contributed by atoms with Crippen molar-refractivity contribution >= 4 is 35.0 Å². The van der Waals surface area contributed by atoms with Crippen LogP contribution in [0, 0.1) is 0 Å². The number of aliphatic imine (C=N–C) groups is 1. The lowest BCUT2D eigenvalue weighted by molar-refractivity contribution is -0.127. The number of nitrogens with two attached hydrogens (primary N) is 1. The van der Waals surface area contributed by atoms with E-state index in [9.17, 15) is 9.59 Å². The minimum atomic E-state index is -0.243. The number of nitrogens with zero attached hydrogens (tertiary/aromatic N) is 3. The Hall–Kier alpha value is -4.10. The zero-order valence-electron chi connectivity index (χ0n) is 25.3. The fourth-order valence-corrected chi connectivity index (χ4v) is 5.24. The quantitative estimate of drug-likeness (QED) is 0.144. The average Bonchev–Trinajstić information content (AvgIpc) is 3.04. The van der Waals surface area contributed by atoms with Crippen LogP contribution >= 0.6 is 11.6 Å². The maximum atomic E-state index is 14.1. The lowest BCUT2D eigenvalue weighted by Gasteiger charge is -2.29. The summed E-state index contributed by atoms with van der Waals surface area (Å²) in [5.74, 6) is -0.222. The van der Waals surface area contributed by atoms with Crippen molar-refractivity contribution in [3.8, 4) is 11.1 Å². The lowest BCUT2D eigenvalue weighted by atomic mass is 9.97. The van der Waals surface area contributed by atoms with Crippen LogP contribution in [0.3, 0.4) is 0 Å². The van der Waals surface area contributed by atoms with Gasteiger partial charge in [-0.1, -0.05) is 80.8 Å². The Morgan fingerprint density at radius 2 is 1.63 bits per heavy atom. The Morgan fingerprint density at radius 3 is 2.28 bits per heavy atom. The molecule has 2 amide bonds. The summed E-state index contributed by atoms with van der Waals surface area (Å²) in [6.45, 7) is 6.61. The number of fused-ring (bicyclic) bond motifs is 1. The molecular formula is C35H41ClN4O3. The van der Waals surface area contributed by atoms with Crippen molar-refractivity contribution in [1.29, 1.82) is 0 Å². The number of carbonyl (C=O) groups excluding carboxylic acids is 2. The first kappa shape index (κ1) is 31.8. The minimum absolute atomic E-state index is 0.0473. The Morgan fingerprint density at radius 1 is 0.977 bits per heavy atom. The number of amides is 2. The van der Waals surface area contributed by atoms with Gasteiger partial charge in [-0.05, 0) is 65.8 Å². The van der Waals surface area contributed by atoms with Gasteiger partial charge in [0.05, 0.1) is 18.4 Å². The van der Waals surface area contributed by atoms with Gasteiger partial charge < -0.3 is 20.3 Å². The van der Waals surface area contributed by atoms with E-state index in [1.54, 1.807) is 11.0 Å². The summed E-state index contributed by atoms with van der Waals surface area (Å²) < 4.78 is 5.56. The Bertz CT molecular complexity index is 1470. The highest BCUT2D eigenvalue weighted by Crippen LogP contribution is 2.31. The van der Waals surface area contributed by atoms with Crippen LogP contribution in [-0.2, 0) is 22.5 Å². The number of carbonyl (C=O) groups is 2. The number of hydrogen-bond donors (Lipinski definition) is 1. The molecule has 0 radical (unpaired) electrons. The van der Waals surface area contributed by atoms with Crippen LogP contribution < -0.4 is 5.73 Å². The molecule has 0 unspecified atom stereocenters. The van der Waals surface area contributed by atoms with Crippen LogP contribution in [0.4, 0.5) is 5.69 Å². The van der Waals surface area contributed by atoms with Gasteiger partial charge in [-0.25, -0.2) is 4.99 Å². The Labute approximate surface area is 260 Å². The molecule has 1 aliphatic rings. The second kappa shape index (κ2) is 15.4. The summed E-state index contributed by atoms with van der Waals surface area (Å²) in [5, 5.41) is 0.639. The summed E-state index contributed by atoms with van der Waals surface area (Å²) in [5.41, 5.74) is 11.4. The first-order chi connectivity index (χ1) is 20.8. The van der Waals surface area contributed by atoms with E-state index < -0.39 is 0 Å². The highest BCUT2D eigenvalue weighted by atomic mass is 35.5. The van der Waals surface area contributed by atoms with E-state index in [1.165, 1.54) is 18.7 Å². The highest BCUT2D eigenvalue weighted by Gasteiger charge is 2.24. The molecular weight excluding hydrogens is 560 g/mol. The first-order valence-corrected chi connectivity index (χ1v) is 15.4. The van der Waals surface area contributed by atoms with Crippen LogP contribution in [0.2, 0.25) is 5.02 Å². The summed E-state index contributed by atoms with van der Waals surface area (Å²) in [6, 6.07) is 21.3. The topological polar surface area (TPSA) is 88.2 Å². The maximum absolute atomic E-state index is 14.1. The van der Waals surface area contributed by atoms with Gasteiger partial charge in [0.2, 0.25) is 5.90 Å². The van der Waals surface area contributed by atoms with Crippen molar-refractivity contribution in [2.45, 2.75) is 52.5 Å². The third-order valence-corrected chi connectivity index (χ3v) is 7.89. The average molecular weight is 601 g/mol. The molecule has 8 heteroatoms. The molecule has 0 saturated heterocycles. The third kappa shape index (κ3) is 8.26. The van der Waals surface area contributed by atoms with E-state index >= 15 is 0 Å². The van der Waals surface area contributed by atoms with Gasteiger partial charge in [-0.2, -0.15) is 0 Å². The molecule has 2 N–H and O–H groups in total. The van der Waals surface area contributed by atoms with E-state index in [-0.39, 0.29) is 23.4 Å². The van der Waals surface area contributed by atoms with E-state index in [0.29, 0.717) is 42.5 Å². The van der Waals surface area contributed by atoms with Crippen molar-refractivity contribution in [2.24, 2.45) is 10.7 Å². The fourth-order valence-electron chi connectivity index (χ4n) is 5.11. The molecule has 226 valence electrons.